The average molecular weight is 261 g/mol. The van der Waals surface area contributed by atoms with Crippen LogP contribution in [0.3, 0.4) is 0 Å². The van der Waals surface area contributed by atoms with E-state index in [-0.39, 0.29) is 18.0 Å². The maximum absolute atomic E-state index is 11.8. The van der Waals surface area contributed by atoms with Crippen molar-refractivity contribution in [2.75, 3.05) is 12.0 Å². The van der Waals surface area contributed by atoms with Gasteiger partial charge in [0.25, 0.3) is 5.91 Å². The summed E-state index contributed by atoms with van der Waals surface area (Å²) in [6, 6.07) is 4.52. The Morgan fingerprint density at radius 3 is 2.63 bits per heavy atom. The molecule has 0 atom stereocenters. The van der Waals surface area contributed by atoms with Crippen molar-refractivity contribution in [3.05, 3.63) is 42.2 Å². The molecule has 0 saturated carbocycles. The standard InChI is InChI=1S/C11H11N5O3/c1-2-19-11(18)9-5-3-4-8(14-9)10(17)15-16-6-12-13-7-16/h3-7H,2H2,1H3,(H,15,17). The van der Waals surface area contributed by atoms with Gasteiger partial charge in [-0.2, -0.15) is 0 Å². The second-order valence-electron chi connectivity index (χ2n) is 3.44. The van der Waals surface area contributed by atoms with Gasteiger partial charge in [0.15, 0.2) is 0 Å². The molecule has 0 aliphatic heterocycles. The van der Waals surface area contributed by atoms with E-state index in [2.05, 4.69) is 20.6 Å². The van der Waals surface area contributed by atoms with Crippen LogP contribution in [0.4, 0.5) is 0 Å². The average Bonchev–Trinajstić information content (AvgIpc) is 2.92. The van der Waals surface area contributed by atoms with Crippen LogP contribution in [-0.4, -0.2) is 38.3 Å². The van der Waals surface area contributed by atoms with Gasteiger partial charge < -0.3 is 4.74 Å². The second-order valence-corrected chi connectivity index (χ2v) is 3.44. The molecule has 0 unspecified atom stereocenters. The molecule has 19 heavy (non-hydrogen) atoms. The van der Waals surface area contributed by atoms with Crippen LogP contribution < -0.4 is 5.43 Å². The Balaban J connectivity index is 2.14. The van der Waals surface area contributed by atoms with Gasteiger partial charge in [0.1, 0.15) is 24.0 Å². The first kappa shape index (κ1) is 12.7. The van der Waals surface area contributed by atoms with Gasteiger partial charge in [-0.1, -0.05) is 6.07 Å². The van der Waals surface area contributed by atoms with Crippen molar-refractivity contribution in [3.8, 4) is 0 Å². The van der Waals surface area contributed by atoms with E-state index >= 15 is 0 Å². The molecular weight excluding hydrogens is 250 g/mol. The van der Waals surface area contributed by atoms with Crippen molar-refractivity contribution >= 4 is 11.9 Å². The molecule has 2 aromatic rings. The maximum Gasteiger partial charge on any atom is 0.356 e. The fourth-order valence-corrected chi connectivity index (χ4v) is 1.31. The molecule has 0 aliphatic carbocycles. The third-order valence-corrected chi connectivity index (χ3v) is 2.12. The van der Waals surface area contributed by atoms with Gasteiger partial charge >= 0.3 is 5.97 Å². The molecular formula is C11H11N5O3. The Bertz CT molecular complexity index is 582. The lowest BCUT2D eigenvalue weighted by atomic mass is 10.3. The third-order valence-electron chi connectivity index (χ3n) is 2.12. The first-order valence-corrected chi connectivity index (χ1v) is 5.51. The molecule has 2 aromatic heterocycles. The van der Waals surface area contributed by atoms with Crippen LogP contribution in [-0.2, 0) is 4.74 Å². The zero-order valence-corrected chi connectivity index (χ0v) is 10.1. The number of amides is 1. The van der Waals surface area contributed by atoms with Crippen LogP contribution in [0.5, 0.6) is 0 Å². The van der Waals surface area contributed by atoms with Crippen molar-refractivity contribution in [1.29, 1.82) is 0 Å². The Morgan fingerprint density at radius 1 is 1.26 bits per heavy atom. The number of esters is 1. The second kappa shape index (κ2) is 5.71. The van der Waals surface area contributed by atoms with Crippen LogP contribution in [0.25, 0.3) is 0 Å². The van der Waals surface area contributed by atoms with E-state index < -0.39 is 11.9 Å². The predicted molar refractivity (Wildman–Crippen MR) is 63.9 cm³/mol. The van der Waals surface area contributed by atoms with Crippen molar-refractivity contribution in [3.63, 3.8) is 0 Å². The highest BCUT2D eigenvalue weighted by atomic mass is 16.5. The number of rotatable bonds is 4. The number of carbonyl (C=O) groups is 2. The normalized spacial score (nSPS) is 9.95. The van der Waals surface area contributed by atoms with Gasteiger partial charge in [0.2, 0.25) is 0 Å². The first-order chi connectivity index (χ1) is 9.20. The van der Waals surface area contributed by atoms with Gasteiger partial charge in [-0.25, -0.2) is 14.5 Å². The fourth-order valence-electron chi connectivity index (χ4n) is 1.31. The molecule has 0 spiro atoms. The summed E-state index contributed by atoms with van der Waals surface area (Å²) in [5, 5.41) is 7.09. The highest BCUT2D eigenvalue weighted by Crippen LogP contribution is 2.02. The molecule has 8 heteroatoms. The monoisotopic (exact) mass is 261 g/mol. The number of hydrogen-bond donors (Lipinski definition) is 1. The Kier molecular flexibility index (Phi) is 3.81. The summed E-state index contributed by atoms with van der Waals surface area (Å²) in [5.74, 6) is -1.05. The van der Waals surface area contributed by atoms with Crippen molar-refractivity contribution < 1.29 is 14.3 Å². The SMILES string of the molecule is CCOC(=O)c1cccc(C(=O)Nn2cnnc2)n1. The number of ether oxygens (including phenoxy) is 1. The first-order valence-electron chi connectivity index (χ1n) is 5.51. The molecule has 0 fully saturated rings. The summed E-state index contributed by atoms with van der Waals surface area (Å²) >= 11 is 0. The van der Waals surface area contributed by atoms with Gasteiger partial charge in [-0.15, -0.1) is 10.2 Å². The lowest BCUT2D eigenvalue weighted by molar-refractivity contribution is 0.0519. The summed E-state index contributed by atoms with van der Waals surface area (Å²) in [4.78, 5) is 27.3. The Hall–Kier alpha value is -2.77. The third kappa shape index (κ3) is 3.12. The fraction of sp³-hybridized carbons (Fsp3) is 0.182. The summed E-state index contributed by atoms with van der Waals surface area (Å²) in [6.07, 6.45) is 2.65. The highest BCUT2D eigenvalue weighted by molar-refractivity contribution is 5.99. The molecule has 8 nitrogen and oxygen atoms in total. The van der Waals surface area contributed by atoms with E-state index in [0.29, 0.717) is 0 Å². The van der Waals surface area contributed by atoms with Crippen LogP contribution in [0.15, 0.2) is 30.9 Å². The van der Waals surface area contributed by atoms with Gasteiger partial charge in [0, 0.05) is 0 Å². The zero-order valence-electron chi connectivity index (χ0n) is 10.1. The molecule has 0 bridgehead atoms. The number of aromatic nitrogens is 4. The van der Waals surface area contributed by atoms with Crippen LogP contribution in [0, 0.1) is 0 Å². The minimum absolute atomic E-state index is 0.0817. The lowest BCUT2D eigenvalue weighted by Crippen LogP contribution is -2.23. The summed E-state index contributed by atoms with van der Waals surface area (Å²) in [5.41, 5.74) is 2.65. The predicted octanol–water partition coefficient (Wildman–Crippen LogP) is 0.234. The number of nitrogens with one attached hydrogen (secondary N) is 1. The molecule has 0 aromatic carbocycles. The van der Waals surface area contributed by atoms with Crippen molar-refractivity contribution in [2.45, 2.75) is 6.92 Å². The summed E-state index contributed by atoms with van der Waals surface area (Å²) in [7, 11) is 0. The number of pyridine rings is 1. The molecule has 0 saturated heterocycles. The van der Waals surface area contributed by atoms with E-state index in [4.69, 9.17) is 4.74 Å². The van der Waals surface area contributed by atoms with Crippen LogP contribution in [0.1, 0.15) is 27.9 Å². The molecule has 2 rings (SSSR count). The molecule has 0 radical (unpaired) electrons. The molecule has 0 aliphatic rings. The maximum atomic E-state index is 11.8. The Morgan fingerprint density at radius 2 is 1.95 bits per heavy atom. The highest BCUT2D eigenvalue weighted by Gasteiger charge is 2.13. The largest absolute Gasteiger partial charge is 0.461 e. The summed E-state index contributed by atoms with van der Waals surface area (Å²) in [6.45, 7) is 1.94. The van der Waals surface area contributed by atoms with E-state index in [9.17, 15) is 9.59 Å². The van der Waals surface area contributed by atoms with Crippen LogP contribution >= 0.6 is 0 Å². The Labute approximate surface area is 108 Å². The molecule has 2 heterocycles. The van der Waals surface area contributed by atoms with Crippen molar-refractivity contribution in [2.24, 2.45) is 0 Å². The minimum atomic E-state index is -0.568. The quantitative estimate of drug-likeness (QED) is 0.791. The van der Waals surface area contributed by atoms with E-state index in [1.54, 1.807) is 13.0 Å². The lowest BCUT2D eigenvalue weighted by Gasteiger charge is -2.05. The van der Waals surface area contributed by atoms with Gasteiger partial charge in [-0.05, 0) is 19.1 Å². The number of carbonyl (C=O) groups excluding carboxylic acids is 2. The zero-order chi connectivity index (χ0) is 13.7. The summed E-state index contributed by atoms with van der Waals surface area (Å²) < 4.78 is 6.09. The van der Waals surface area contributed by atoms with E-state index in [0.717, 1.165) is 0 Å². The number of nitrogens with zero attached hydrogens (tertiary/aromatic N) is 4. The van der Waals surface area contributed by atoms with Gasteiger partial charge in [0.05, 0.1) is 6.61 Å². The molecule has 1 N–H and O–H groups in total. The number of hydrogen-bond acceptors (Lipinski definition) is 6. The van der Waals surface area contributed by atoms with E-state index in [1.165, 1.54) is 29.5 Å². The van der Waals surface area contributed by atoms with Crippen LogP contribution in [0.2, 0.25) is 0 Å². The topological polar surface area (TPSA) is 99.0 Å². The van der Waals surface area contributed by atoms with Crippen molar-refractivity contribution in [1.82, 2.24) is 19.9 Å². The molecule has 98 valence electrons. The van der Waals surface area contributed by atoms with Gasteiger partial charge in [-0.3, -0.25) is 10.2 Å². The minimum Gasteiger partial charge on any atom is -0.461 e. The van der Waals surface area contributed by atoms with E-state index in [1.807, 2.05) is 0 Å². The smallest absolute Gasteiger partial charge is 0.356 e. The molecule has 1 amide bonds.